The Bertz CT molecular complexity index is 639. The Hall–Kier alpha value is -1.17. The molecular weight excluding hydrogens is 359 g/mol. The lowest BCUT2D eigenvalue weighted by atomic mass is 10.1. The molecule has 0 spiro atoms. The van der Waals surface area contributed by atoms with Crippen LogP contribution in [0.2, 0.25) is 5.02 Å². The first kappa shape index (κ1) is 16.2. The number of hydrogen-bond donors (Lipinski definition) is 1. The molecule has 1 N–H and O–H groups in total. The largest absolute Gasteiger partial charge is 0.437 e. The average Bonchev–Trinajstić information content (AvgIpc) is 2.45. The first-order valence-corrected chi connectivity index (χ1v) is 7.70. The maximum atomic E-state index is 13.6. The zero-order valence-corrected chi connectivity index (χ0v) is 14.0. The van der Waals surface area contributed by atoms with Gasteiger partial charge in [-0.1, -0.05) is 24.6 Å². The van der Waals surface area contributed by atoms with Crippen LogP contribution in [0, 0.1) is 5.82 Å². The highest BCUT2D eigenvalue weighted by Crippen LogP contribution is 2.35. The summed E-state index contributed by atoms with van der Waals surface area (Å²) in [6.07, 6.45) is 1.64. The van der Waals surface area contributed by atoms with Crippen molar-refractivity contribution in [1.82, 2.24) is 10.3 Å². The zero-order valence-electron chi connectivity index (χ0n) is 11.7. The fraction of sp³-hybridized carbons (Fsp3) is 0.267. The Kier molecular flexibility index (Phi) is 5.56. The van der Waals surface area contributed by atoms with Gasteiger partial charge in [-0.05, 0) is 41.5 Å². The number of nitrogens with one attached hydrogen (secondary N) is 1. The molecule has 0 saturated carbocycles. The molecule has 0 radical (unpaired) electrons. The predicted octanol–water partition coefficient (Wildman–Crippen LogP) is 5.10. The smallest absolute Gasteiger partial charge is 0.224 e. The van der Waals surface area contributed by atoms with Crippen molar-refractivity contribution in [3.05, 3.63) is 51.3 Å². The van der Waals surface area contributed by atoms with E-state index in [0.29, 0.717) is 16.1 Å². The fourth-order valence-electron chi connectivity index (χ4n) is 1.92. The molecule has 6 heteroatoms. The van der Waals surface area contributed by atoms with Crippen LogP contribution in [0.1, 0.15) is 25.5 Å². The van der Waals surface area contributed by atoms with Gasteiger partial charge in [0, 0.05) is 23.9 Å². The maximum Gasteiger partial charge on any atom is 0.224 e. The van der Waals surface area contributed by atoms with Crippen molar-refractivity contribution in [1.29, 1.82) is 0 Å². The van der Waals surface area contributed by atoms with Gasteiger partial charge in [0.2, 0.25) is 5.88 Å². The molecule has 0 fully saturated rings. The van der Waals surface area contributed by atoms with Crippen molar-refractivity contribution < 1.29 is 9.13 Å². The second-order valence-electron chi connectivity index (χ2n) is 4.48. The number of benzene rings is 1. The van der Waals surface area contributed by atoms with E-state index in [0.717, 1.165) is 12.1 Å². The monoisotopic (exact) mass is 372 g/mol. The lowest BCUT2D eigenvalue weighted by molar-refractivity contribution is 0.438. The van der Waals surface area contributed by atoms with Gasteiger partial charge in [-0.15, -0.1) is 0 Å². The first-order valence-electron chi connectivity index (χ1n) is 6.53. The topological polar surface area (TPSA) is 34.2 Å². The average molecular weight is 374 g/mol. The molecule has 2 rings (SSSR count). The van der Waals surface area contributed by atoms with Gasteiger partial charge < -0.3 is 10.1 Å². The minimum Gasteiger partial charge on any atom is -0.437 e. The molecule has 1 unspecified atom stereocenters. The molecule has 21 heavy (non-hydrogen) atoms. The Morgan fingerprint density at radius 3 is 2.95 bits per heavy atom. The van der Waals surface area contributed by atoms with Crippen LogP contribution in [-0.4, -0.2) is 11.5 Å². The Balaban J connectivity index is 2.34. The van der Waals surface area contributed by atoms with Crippen LogP contribution in [0.15, 0.2) is 34.9 Å². The molecule has 1 heterocycles. The lowest BCUT2D eigenvalue weighted by Gasteiger charge is -2.17. The van der Waals surface area contributed by atoms with Crippen molar-refractivity contribution in [2.75, 3.05) is 6.54 Å². The summed E-state index contributed by atoms with van der Waals surface area (Å²) in [6, 6.07) is 6.55. The number of aromatic nitrogens is 1. The molecule has 1 aromatic carbocycles. The van der Waals surface area contributed by atoms with Gasteiger partial charge in [-0.25, -0.2) is 9.37 Å². The molecule has 0 bridgehead atoms. The van der Waals surface area contributed by atoms with Crippen molar-refractivity contribution >= 4 is 27.5 Å². The standard InChI is InChI=1S/C15H15BrClFN2O/c1-3-19-9(2)10-5-4-6-20-15(10)21-14-8-13(18)12(17)7-11(14)16/h4-9,19H,3H2,1-2H3. The van der Waals surface area contributed by atoms with E-state index in [9.17, 15) is 4.39 Å². The minimum absolute atomic E-state index is 0.0384. The van der Waals surface area contributed by atoms with E-state index in [1.54, 1.807) is 6.20 Å². The lowest BCUT2D eigenvalue weighted by Crippen LogP contribution is -2.18. The fourth-order valence-corrected chi connectivity index (χ4v) is 2.64. The Morgan fingerprint density at radius 2 is 2.24 bits per heavy atom. The third-order valence-corrected chi connectivity index (χ3v) is 3.87. The molecule has 3 nitrogen and oxygen atoms in total. The molecule has 0 amide bonds. The quantitative estimate of drug-likeness (QED) is 0.740. The van der Waals surface area contributed by atoms with Gasteiger partial charge in [0.1, 0.15) is 11.6 Å². The number of hydrogen-bond acceptors (Lipinski definition) is 3. The molecular formula is C15H15BrClFN2O. The van der Waals surface area contributed by atoms with Crippen LogP contribution in [0.3, 0.4) is 0 Å². The summed E-state index contributed by atoms with van der Waals surface area (Å²) in [6.45, 7) is 4.87. The molecule has 112 valence electrons. The maximum absolute atomic E-state index is 13.6. The van der Waals surface area contributed by atoms with Crippen LogP contribution >= 0.6 is 27.5 Å². The van der Waals surface area contributed by atoms with E-state index in [-0.39, 0.29) is 11.1 Å². The van der Waals surface area contributed by atoms with E-state index < -0.39 is 5.82 Å². The number of pyridine rings is 1. The van der Waals surface area contributed by atoms with Gasteiger partial charge in [0.15, 0.2) is 0 Å². The van der Waals surface area contributed by atoms with Crippen LogP contribution in [-0.2, 0) is 0 Å². The van der Waals surface area contributed by atoms with Gasteiger partial charge in [0.25, 0.3) is 0 Å². The summed E-state index contributed by atoms with van der Waals surface area (Å²) >= 11 is 9.04. The first-order chi connectivity index (χ1) is 10.0. The second kappa shape index (κ2) is 7.20. The summed E-state index contributed by atoms with van der Waals surface area (Å²) in [7, 11) is 0. The second-order valence-corrected chi connectivity index (χ2v) is 5.74. The summed E-state index contributed by atoms with van der Waals surface area (Å²) in [4.78, 5) is 4.23. The third-order valence-electron chi connectivity index (χ3n) is 2.96. The number of ether oxygens (including phenoxy) is 1. The van der Waals surface area contributed by atoms with Gasteiger partial charge in [-0.2, -0.15) is 0 Å². The van der Waals surface area contributed by atoms with Crippen molar-refractivity contribution in [2.24, 2.45) is 0 Å². The van der Waals surface area contributed by atoms with E-state index in [2.05, 4.69) is 26.2 Å². The molecule has 0 aliphatic carbocycles. The van der Waals surface area contributed by atoms with Gasteiger partial charge >= 0.3 is 0 Å². The van der Waals surface area contributed by atoms with Crippen molar-refractivity contribution in [3.8, 4) is 11.6 Å². The summed E-state index contributed by atoms with van der Waals surface area (Å²) in [5.41, 5.74) is 0.904. The van der Waals surface area contributed by atoms with Crippen molar-refractivity contribution in [2.45, 2.75) is 19.9 Å². The Labute approximate surface area is 136 Å². The summed E-state index contributed by atoms with van der Waals surface area (Å²) < 4.78 is 19.9. The SMILES string of the molecule is CCNC(C)c1cccnc1Oc1cc(F)c(Cl)cc1Br. The summed E-state index contributed by atoms with van der Waals surface area (Å²) in [5, 5.41) is 3.33. The highest BCUT2D eigenvalue weighted by Gasteiger charge is 2.15. The van der Waals surface area contributed by atoms with Crippen LogP contribution in [0.4, 0.5) is 4.39 Å². The molecule has 1 atom stereocenters. The Morgan fingerprint density at radius 1 is 1.48 bits per heavy atom. The minimum atomic E-state index is -0.535. The molecule has 0 aliphatic rings. The highest BCUT2D eigenvalue weighted by atomic mass is 79.9. The molecule has 0 aliphatic heterocycles. The van der Waals surface area contributed by atoms with E-state index in [1.807, 2.05) is 26.0 Å². The number of nitrogens with zero attached hydrogens (tertiary/aromatic N) is 1. The van der Waals surface area contributed by atoms with Crippen LogP contribution < -0.4 is 10.1 Å². The normalized spacial score (nSPS) is 12.2. The van der Waals surface area contributed by atoms with Crippen molar-refractivity contribution in [3.63, 3.8) is 0 Å². The van der Waals surface area contributed by atoms with E-state index in [1.165, 1.54) is 12.1 Å². The zero-order chi connectivity index (χ0) is 15.4. The van der Waals surface area contributed by atoms with Crippen LogP contribution in [0.25, 0.3) is 0 Å². The van der Waals surface area contributed by atoms with Crippen LogP contribution in [0.5, 0.6) is 11.6 Å². The third kappa shape index (κ3) is 3.93. The molecule has 1 aromatic heterocycles. The molecule has 0 saturated heterocycles. The number of rotatable bonds is 5. The van der Waals surface area contributed by atoms with E-state index >= 15 is 0 Å². The molecule has 2 aromatic rings. The highest BCUT2D eigenvalue weighted by molar-refractivity contribution is 9.10. The van der Waals surface area contributed by atoms with Gasteiger partial charge in [-0.3, -0.25) is 0 Å². The number of halogens is 3. The predicted molar refractivity (Wildman–Crippen MR) is 85.5 cm³/mol. The van der Waals surface area contributed by atoms with E-state index in [4.69, 9.17) is 16.3 Å². The van der Waals surface area contributed by atoms with Gasteiger partial charge in [0.05, 0.1) is 9.50 Å². The summed E-state index contributed by atoms with van der Waals surface area (Å²) in [5.74, 6) is 0.237.